The number of fused-ring (bicyclic) bond motifs is 1. The van der Waals surface area contributed by atoms with Gasteiger partial charge in [-0.3, -0.25) is 4.98 Å². The summed E-state index contributed by atoms with van der Waals surface area (Å²) in [7, 11) is -3.70. The van der Waals surface area contributed by atoms with Crippen LogP contribution in [0.5, 0.6) is 0 Å². The van der Waals surface area contributed by atoms with Crippen LogP contribution in [-0.2, 0) is 16.4 Å². The molecule has 6 nitrogen and oxygen atoms in total. The molecule has 0 bridgehead atoms. The number of nitrogens with one attached hydrogen (secondary N) is 2. The molecule has 24 heavy (non-hydrogen) atoms. The van der Waals surface area contributed by atoms with E-state index in [4.69, 9.17) is 5.26 Å². The van der Waals surface area contributed by atoms with Crippen molar-refractivity contribution in [3.05, 3.63) is 59.4 Å². The van der Waals surface area contributed by atoms with Crippen molar-refractivity contribution in [3.63, 3.8) is 0 Å². The number of nitriles is 1. The van der Waals surface area contributed by atoms with Crippen molar-refractivity contribution < 1.29 is 8.42 Å². The molecule has 0 saturated heterocycles. The maximum Gasteiger partial charge on any atom is 0.242 e. The molecule has 2 heterocycles. The quantitative estimate of drug-likeness (QED) is 0.858. The van der Waals surface area contributed by atoms with Gasteiger partial charge >= 0.3 is 0 Å². The molecule has 0 amide bonds. The molecule has 1 atom stereocenters. The third-order valence-corrected chi connectivity index (χ3v) is 5.24. The van der Waals surface area contributed by atoms with Crippen LogP contribution in [0.2, 0.25) is 0 Å². The highest BCUT2D eigenvalue weighted by Crippen LogP contribution is 2.22. The first kappa shape index (κ1) is 18.4. The molecule has 1 aliphatic rings. The zero-order valence-corrected chi connectivity index (χ0v) is 14.4. The Kier molecular flexibility index (Phi) is 5.91. The number of hydrogen-bond donors (Lipinski definition) is 2. The SMILES string of the molecule is Cl.N#Cc1cncc(S(=O)(=O)NCC2NCCc3ccccc32)c1. The third kappa shape index (κ3) is 3.91. The minimum absolute atomic E-state index is 0. The summed E-state index contributed by atoms with van der Waals surface area (Å²) >= 11 is 0. The van der Waals surface area contributed by atoms with Gasteiger partial charge in [0.1, 0.15) is 11.0 Å². The van der Waals surface area contributed by atoms with Crippen LogP contribution in [0.25, 0.3) is 0 Å². The molecule has 3 rings (SSSR count). The predicted octanol–water partition coefficient (Wildman–Crippen LogP) is 1.54. The number of hydrogen-bond acceptors (Lipinski definition) is 5. The topological polar surface area (TPSA) is 94.9 Å². The fourth-order valence-corrected chi connectivity index (χ4v) is 3.71. The van der Waals surface area contributed by atoms with Gasteiger partial charge in [-0.1, -0.05) is 24.3 Å². The molecule has 1 aromatic carbocycles. The van der Waals surface area contributed by atoms with Crippen molar-refractivity contribution in [2.24, 2.45) is 0 Å². The molecule has 8 heteroatoms. The highest BCUT2D eigenvalue weighted by atomic mass is 35.5. The number of aromatic nitrogens is 1. The van der Waals surface area contributed by atoms with Gasteiger partial charge in [-0.05, 0) is 30.2 Å². The summed E-state index contributed by atoms with van der Waals surface area (Å²) in [4.78, 5) is 3.80. The number of pyridine rings is 1. The van der Waals surface area contributed by atoms with Gasteiger partial charge in [0, 0.05) is 25.0 Å². The average molecular weight is 365 g/mol. The molecule has 1 aliphatic heterocycles. The summed E-state index contributed by atoms with van der Waals surface area (Å²) in [6.07, 6.45) is 3.51. The van der Waals surface area contributed by atoms with E-state index in [-0.39, 0.29) is 35.5 Å². The van der Waals surface area contributed by atoms with E-state index in [0.717, 1.165) is 18.5 Å². The monoisotopic (exact) mass is 364 g/mol. The molecule has 0 fully saturated rings. The summed E-state index contributed by atoms with van der Waals surface area (Å²) < 4.78 is 27.3. The second-order valence-electron chi connectivity index (χ2n) is 5.33. The Labute approximate surface area is 147 Å². The maximum atomic E-state index is 12.4. The van der Waals surface area contributed by atoms with Crippen molar-refractivity contribution in [2.75, 3.05) is 13.1 Å². The second kappa shape index (κ2) is 7.73. The molecule has 2 aromatic rings. The maximum absolute atomic E-state index is 12.4. The van der Waals surface area contributed by atoms with E-state index in [1.165, 1.54) is 24.0 Å². The Morgan fingerprint density at radius 2 is 2.12 bits per heavy atom. The normalized spacial score (nSPS) is 16.5. The highest BCUT2D eigenvalue weighted by Gasteiger charge is 2.22. The Balaban J connectivity index is 0.00000208. The van der Waals surface area contributed by atoms with Gasteiger partial charge in [-0.15, -0.1) is 12.4 Å². The lowest BCUT2D eigenvalue weighted by molar-refractivity contribution is 0.491. The first-order chi connectivity index (χ1) is 11.1. The van der Waals surface area contributed by atoms with Crippen LogP contribution in [0.4, 0.5) is 0 Å². The molecule has 126 valence electrons. The van der Waals surface area contributed by atoms with Crippen molar-refractivity contribution in [3.8, 4) is 6.07 Å². The standard InChI is InChI=1S/C16H16N4O2S.ClH/c17-8-12-7-14(10-18-9-12)23(21,22)20-11-16-15-4-2-1-3-13(15)5-6-19-16;/h1-4,7,9-10,16,19-20H,5-6,11H2;1H. The van der Waals surface area contributed by atoms with E-state index in [0.29, 0.717) is 0 Å². The summed E-state index contributed by atoms with van der Waals surface area (Å²) in [5.41, 5.74) is 2.57. The zero-order chi connectivity index (χ0) is 16.3. The smallest absolute Gasteiger partial charge is 0.242 e. The van der Waals surface area contributed by atoms with Crippen molar-refractivity contribution in [1.82, 2.24) is 15.0 Å². The van der Waals surface area contributed by atoms with Crippen LogP contribution in [0.15, 0.2) is 47.6 Å². The number of nitrogens with zero attached hydrogens (tertiary/aromatic N) is 2. The van der Waals surface area contributed by atoms with Crippen LogP contribution in [-0.4, -0.2) is 26.5 Å². The first-order valence-electron chi connectivity index (χ1n) is 7.26. The summed E-state index contributed by atoms with van der Waals surface area (Å²) in [5, 5.41) is 12.2. The van der Waals surface area contributed by atoms with Gasteiger partial charge in [0.2, 0.25) is 10.0 Å². The number of benzene rings is 1. The molecule has 0 aliphatic carbocycles. The van der Waals surface area contributed by atoms with E-state index in [9.17, 15) is 8.42 Å². The van der Waals surface area contributed by atoms with Crippen LogP contribution >= 0.6 is 12.4 Å². The number of sulfonamides is 1. The lowest BCUT2D eigenvalue weighted by Crippen LogP contribution is -2.38. The van der Waals surface area contributed by atoms with Crippen LogP contribution in [0.3, 0.4) is 0 Å². The van der Waals surface area contributed by atoms with Gasteiger partial charge < -0.3 is 5.32 Å². The molecular formula is C16H17ClN4O2S. The fourth-order valence-electron chi connectivity index (χ4n) is 2.68. The molecular weight excluding hydrogens is 348 g/mol. The minimum atomic E-state index is -3.70. The third-order valence-electron chi connectivity index (χ3n) is 3.85. The molecule has 0 radical (unpaired) electrons. The lowest BCUT2D eigenvalue weighted by atomic mass is 9.95. The fraction of sp³-hybridized carbons (Fsp3) is 0.250. The number of rotatable bonds is 4. The summed E-state index contributed by atoms with van der Waals surface area (Å²) in [5.74, 6) is 0. The van der Waals surface area contributed by atoms with Gasteiger partial charge in [-0.2, -0.15) is 5.26 Å². The average Bonchev–Trinajstić information content (AvgIpc) is 2.60. The summed E-state index contributed by atoms with van der Waals surface area (Å²) in [6, 6.07) is 11.2. The van der Waals surface area contributed by atoms with Gasteiger partial charge in [0.15, 0.2) is 0 Å². The van der Waals surface area contributed by atoms with Crippen molar-refractivity contribution in [2.45, 2.75) is 17.4 Å². The van der Waals surface area contributed by atoms with Crippen LogP contribution in [0.1, 0.15) is 22.7 Å². The first-order valence-corrected chi connectivity index (χ1v) is 8.74. The summed E-state index contributed by atoms with van der Waals surface area (Å²) in [6.45, 7) is 1.06. The zero-order valence-electron chi connectivity index (χ0n) is 12.8. The molecule has 0 spiro atoms. The Morgan fingerprint density at radius 3 is 2.92 bits per heavy atom. The highest BCUT2D eigenvalue weighted by molar-refractivity contribution is 7.89. The van der Waals surface area contributed by atoms with Gasteiger partial charge in [-0.25, -0.2) is 13.1 Å². The minimum Gasteiger partial charge on any atom is -0.308 e. The van der Waals surface area contributed by atoms with E-state index >= 15 is 0 Å². The van der Waals surface area contributed by atoms with E-state index in [2.05, 4.69) is 21.1 Å². The Morgan fingerprint density at radius 1 is 1.33 bits per heavy atom. The predicted molar refractivity (Wildman–Crippen MR) is 92.3 cm³/mol. The lowest BCUT2D eigenvalue weighted by Gasteiger charge is -2.27. The molecule has 2 N–H and O–H groups in total. The van der Waals surface area contributed by atoms with Gasteiger partial charge in [0.25, 0.3) is 0 Å². The Bertz CT molecular complexity index is 864. The van der Waals surface area contributed by atoms with Crippen molar-refractivity contribution in [1.29, 1.82) is 5.26 Å². The van der Waals surface area contributed by atoms with Crippen molar-refractivity contribution >= 4 is 22.4 Å². The molecule has 0 saturated carbocycles. The van der Waals surface area contributed by atoms with Crippen LogP contribution < -0.4 is 10.0 Å². The second-order valence-corrected chi connectivity index (χ2v) is 7.10. The van der Waals surface area contributed by atoms with E-state index in [1.54, 1.807) is 0 Å². The van der Waals surface area contributed by atoms with Gasteiger partial charge in [0.05, 0.1) is 5.56 Å². The van der Waals surface area contributed by atoms with E-state index < -0.39 is 10.0 Å². The molecule has 1 unspecified atom stereocenters. The largest absolute Gasteiger partial charge is 0.308 e. The van der Waals surface area contributed by atoms with E-state index in [1.807, 2.05) is 24.3 Å². The Hall–Kier alpha value is -1.98. The number of halogens is 1. The molecule has 1 aromatic heterocycles. The van der Waals surface area contributed by atoms with Crippen LogP contribution in [0, 0.1) is 11.3 Å².